The van der Waals surface area contributed by atoms with E-state index in [0.717, 1.165) is 0 Å². The predicted octanol–water partition coefficient (Wildman–Crippen LogP) is -0.142. The number of Topliss-reactive ketones (excluding diaryl/α,β-unsaturated/α-hetero) is 2. The first-order valence-electron chi connectivity index (χ1n) is 2.73. The van der Waals surface area contributed by atoms with E-state index in [1.807, 2.05) is 0 Å². The number of hydrogen-bond acceptors (Lipinski definition) is 4. The van der Waals surface area contributed by atoms with Crippen LogP contribution in [0.3, 0.4) is 0 Å². The van der Waals surface area contributed by atoms with Crippen molar-refractivity contribution in [2.75, 3.05) is 0 Å². The summed E-state index contributed by atoms with van der Waals surface area (Å²) in [6.07, 6.45) is 0. The molecule has 1 rings (SSSR count). The molecule has 14 heavy (non-hydrogen) atoms. The molecule has 4 nitrogen and oxygen atoms in total. The maximum absolute atomic E-state index is 10.8. The van der Waals surface area contributed by atoms with E-state index in [0.29, 0.717) is 0 Å². The van der Waals surface area contributed by atoms with Crippen molar-refractivity contribution >= 4 is 93.9 Å². The van der Waals surface area contributed by atoms with Crippen molar-refractivity contribution in [2.24, 2.45) is 0 Å². The quantitative estimate of drug-likeness (QED) is 0.467. The van der Waals surface area contributed by atoms with Gasteiger partial charge in [0.25, 0.3) is 0 Å². The van der Waals surface area contributed by atoms with Crippen molar-refractivity contribution < 1.29 is 19.8 Å². The molecule has 8 heteroatoms. The van der Waals surface area contributed by atoms with E-state index in [1.54, 1.807) is 0 Å². The fourth-order valence-electron chi connectivity index (χ4n) is 0.622. The molecule has 2 N–H and O–H groups in total. The van der Waals surface area contributed by atoms with Gasteiger partial charge < -0.3 is 10.2 Å². The number of ketones is 2. The van der Waals surface area contributed by atoms with Gasteiger partial charge in [0.1, 0.15) is 10.1 Å². The van der Waals surface area contributed by atoms with Crippen molar-refractivity contribution in [1.29, 1.82) is 0 Å². The number of rotatable bonds is 0. The molecule has 0 bridgehead atoms. The molecule has 0 radical (unpaired) electrons. The molecule has 0 aliphatic heterocycles. The first-order chi connectivity index (χ1) is 5.46. The SMILES string of the molecule is O=C1C(O)=C(Cl)C(=O)C(O)=C1Cl.[NaH].[NaH]. The van der Waals surface area contributed by atoms with Crippen molar-refractivity contribution in [3.05, 3.63) is 21.6 Å². The van der Waals surface area contributed by atoms with E-state index < -0.39 is 33.1 Å². The molecule has 0 amide bonds. The number of carbonyl (C=O) groups excluding carboxylic acids is 2. The van der Waals surface area contributed by atoms with Gasteiger partial charge in [-0.05, 0) is 0 Å². The molecule has 0 heterocycles. The van der Waals surface area contributed by atoms with Crippen molar-refractivity contribution in [1.82, 2.24) is 0 Å². The molecule has 1 aliphatic carbocycles. The van der Waals surface area contributed by atoms with Gasteiger partial charge in [0.15, 0.2) is 11.5 Å². The standard InChI is InChI=1S/C6H2Cl2O4.2Na.2H/c7-1-3(9)5(11)2(8)6(12)4(1)10;;;;/h9,12H;;;;. The molecule has 0 spiro atoms. The summed E-state index contributed by atoms with van der Waals surface area (Å²) in [6, 6.07) is 0. The van der Waals surface area contributed by atoms with E-state index in [-0.39, 0.29) is 59.1 Å². The van der Waals surface area contributed by atoms with Gasteiger partial charge in [0.05, 0.1) is 0 Å². The second-order valence-electron chi connectivity index (χ2n) is 1.98. The van der Waals surface area contributed by atoms with Crippen LogP contribution < -0.4 is 0 Å². The van der Waals surface area contributed by atoms with Gasteiger partial charge in [-0.25, -0.2) is 0 Å². The zero-order chi connectivity index (χ0) is 9.46. The first-order valence-corrected chi connectivity index (χ1v) is 3.49. The number of aliphatic hydroxyl groups excluding tert-OH is 2. The average Bonchev–Trinajstić information content (AvgIpc) is 2.08. The Morgan fingerprint density at radius 1 is 0.786 bits per heavy atom. The zero-order valence-corrected chi connectivity index (χ0v) is 6.98. The first kappa shape index (κ1) is 17.4. The third kappa shape index (κ3) is 3.00. The zero-order valence-electron chi connectivity index (χ0n) is 5.47. The Bertz CT molecular complexity index is 286. The fraction of sp³-hybridized carbons (Fsp3) is 0. The monoisotopic (exact) mass is 256 g/mol. The van der Waals surface area contributed by atoms with Gasteiger partial charge in [0, 0.05) is 0 Å². The second-order valence-corrected chi connectivity index (χ2v) is 2.74. The molecule has 0 unspecified atom stereocenters. The summed E-state index contributed by atoms with van der Waals surface area (Å²) in [7, 11) is 0. The van der Waals surface area contributed by atoms with E-state index in [2.05, 4.69) is 0 Å². The third-order valence-electron chi connectivity index (χ3n) is 1.24. The summed E-state index contributed by atoms with van der Waals surface area (Å²) in [4.78, 5) is 21.6. The summed E-state index contributed by atoms with van der Waals surface area (Å²) >= 11 is 10.4. The Hall–Kier alpha value is 1.00. The molecule has 68 valence electrons. The van der Waals surface area contributed by atoms with Gasteiger partial charge >= 0.3 is 59.1 Å². The van der Waals surface area contributed by atoms with Gasteiger partial charge in [0.2, 0.25) is 11.6 Å². The molecular weight excluding hydrogens is 253 g/mol. The fourth-order valence-corrected chi connectivity index (χ4v) is 0.973. The van der Waals surface area contributed by atoms with E-state index >= 15 is 0 Å². The van der Waals surface area contributed by atoms with Crippen molar-refractivity contribution in [3.63, 3.8) is 0 Å². The summed E-state index contributed by atoms with van der Waals surface area (Å²) < 4.78 is 0. The summed E-state index contributed by atoms with van der Waals surface area (Å²) in [6.45, 7) is 0. The van der Waals surface area contributed by atoms with Crippen LogP contribution in [0.1, 0.15) is 0 Å². The van der Waals surface area contributed by atoms with Crippen LogP contribution in [0.5, 0.6) is 0 Å². The molecule has 0 saturated carbocycles. The summed E-state index contributed by atoms with van der Waals surface area (Å²) in [5, 5.41) is 16.3. The van der Waals surface area contributed by atoms with Gasteiger partial charge in [-0.2, -0.15) is 0 Å². The van der Waals surface area contributed by atoms with Crippen LogP contribution in [0.25, 0.3) is 0 Å². The van der Waals surface area contributed by atoms with Crippen LogP contribution in [-0.4, -0.2) is 80.9 Å². The van der Waals surface area contributed by atoms with E-state index in [9.17, 15) is 9.59 Å². The molecule has 0 aromatic rings. The van der Waals surface area contributed by atoms with Crippen molar-refractivity contribution in [3.8, 4) is 0 Å². The van der Waals surface area contributed by atoms with Crippen LogP contribution in [0.2, 0.25) is 0 Å². The number of aliphatic hydroxyl groups is 2. The number of allylic oxidation sites excluding steroid dienone is 2. The Balaban J connectivity index is 0. The topological polar surface area (TPSA) is 74.6 Å². The van der Waals surface area contributed by atoms with Crippen LogP contribution >= 0.6 is 23.2 Å². The Kier molecular flexibility index (Phi) is 8.14. The van der Waals surface area contributed by atoms with Gasteiger partial charge in [-0.15, -0.1) is 0 Å². The van der Waals surface area contributed by atoms with Gasteiger partial charge in [-0.1, -0.05) is 23.2 Å². The van der Waals surface area contributed by atoms with Crippen molar-refractivity contribution in [2.45, 2.75) is 0 Å². The molecule has 0 atom stereocenters. The normalized spacial score (nSPS) is 16.4. The van der Waals surface area contributed by atoms with Crippen LogP contribution in [0.15, 0.2) is 21.6 Å². The molecule has 0 aromatic heterocycles. The van der Waals surface area contributed by atoms with Crippen LogP contribution in [0.4, 0.5) is 0 Å². The van der Waals surface area contributed by atoms with Crippen LogP contribution in [0, 0.1) is 0 Å². The van der Waals surface area contributed by atoms with Crippen LogP contribution in [-0.2, 0) is 9.59 Å². The van der Waals surface area contributed by atoms with E-state index in [1.165, 1.54) is 0 Å². The summed E-state index contributed by atoms with van der Waals surface area (Å²) in [5.41, 5.74) is 0. The second kappa shape index (κ2) is 6.55. The summed E-state index contributed by atoms with van der Waals surface area (Å²) in [5.74, 6) is -3.99. The maximum atomic E-state index is 10.8. The van der Waals surface area contributed by atoms with E-state index in [4.69, 9.17) is 33.4 Å². The Morgan fingerprint density at radius 3 is 1.21 bits per heavy atom. The minimum atomic E-state index is -1.06. The molecule has 1 aliphatic rings. The Morgan fingerprint density at radius 2 is 1.00 bits per heavy atom. The predicted molar refractivity (Wildman–Crippen MR) is 55.3 cm³/mol. The number of carbonyl (C=O) groups is 2. The third-order valence-corrected chi connectivity index (χ3v) is 1.95. The Labute approximate surface area is 134 Å². The molecule has 0 saturated heterocycles. The molecule has 0 aromatic carbocycles. The van der Waals surface area contributed by atoms with Gasteiger partial charge in [-0.3, -0.25) is 9.59 Å². The minimum absolute atomic E-state index is 0. The molecule has 0 fully saturated rings. The molecular formula is C6H4Cl2Na2O4. The average molecular weight is 257 g/mol. The number of halogens is 2. The number of hydrogen-bond donors (Lipinski definition) is 2.